The van der Waals surface area contributed by atoms with Crippen LogP contribution in [0.5, 0.6) is 0 Å². The van der Waals surface area contributed by atoms with Crippen LogP contribution in [-0.4, -0.2) is 49.1 Å². The van der Waals surface area contributed by atoms with Crippen molar-refractivity contribution in [2.45, 2.75) is 6.54 Å². The lowest BCUT2D eigenvalue weighted by molar-refractivity contribution is 0.0594. The first kappa shape index (κ1) is 19.7. The van der Waals surface area contributed by atoms with Gasteiger partial charge in [0, 0.05) is 34.6 Å². The van der Waals surface area contributed by atoms with E-state index in [1.807, 2.05) is 0 Å². The van der Waals surface area contributed by atoms with E-state index < -0.39 is 5.97 Å². The van der Waals surface area contributed by atoms with Crippen molar-refractivity contribution in [3.8, 4) is 0 Å². The minimum atomic E-state index is -0.515. The van der Waals surface area contributed by atoms with E-state index in [1.54, 1.807) is 35.6 Å². The van der Waals surface area contributed by atoms with Crippen molar-refractivity contribution in [2.75, 3.05) is 27.4 Å². The fraction of sp³-hybridized carbons (Fsp3) is 0.312. The Bertz CT molecular complexity index is 746. The maximum Gasteiger partial charge on any atom is 0.357 e. The highest BCUT2D eigenvalue weighted by atomic mass is 35.5. The summed E-state index contributed by atoms with van der Waals surface area (Å²) >= 11 is 13.2. The highest BCUT2D eigenvalue weighted by Gasteiger charge is 2.20. The number of rotatable bonds is 7. The number of benzene rings is 1. The fourth-order valence-electron chi connectivity index (χ4n) is 2.06. The maximum absolute atomic E-state index is 12.8. The first-order chi connectivity index (χ1) is 11.9. The van der Waals surface area contributed by atoms with E-state index in [4.69, 9.17) is 27.9 Å². The molecular formula is C16H16Cl2N2O4S. The van der Waals surface area contributed by atoms with E-state index in [0.29, 0.717) is 33.8 Å². The van der Waals surface area contributed by atoms with Crippen LogP contribution in [0, 0.1) is 0 Å². The summed E-state index contributed by atoms with van der Waals surface area (Å²) in [5.74, 6) is -0.768. The largest absolute Gasteiger partial charge is 0.464 e. The molecule has 6 nitrogen and oxygen atoms in total. The second kappa shape index (κ2) is 9.15. The molecule has 2 rings (SSSR count). The number of thiazole rings is 1. The van der Waals surface area contributed by atoms with Crippen molar-refractivity contribution in [1.82, 2.24) is 9.88 Å². The molecule has 0 atom stereocenters. The molecular weight excluding hydrogens is 387 g/mol. The summed E-state index contributed by atoms with van der Waals surface area (Å²) in [5, 5.41) is 2.96. The zero-order chi connectivity index (χ0) is 18.4. The molecule has 1 aromatic carbocycles. The predicted molar refractivity (Wildman–Crippen MR) is 96.5 cm³/mol. The summed E-state index contributed by atoms with van der Waals surface area (Å²) in [7, 11) is 2.84. The third kappa shape index (κ3) is 5.40. The van der Waals surface area contributed by atoms with Gasteiger partial charge in [0.25, 0.3) is 5.91 Å². The third-order valence-electron chi connectivity index (χ3n) is 3.23. The second-order valence-electron chi connectivity index (χ2n) is 5.00. The van der Waals surface area contributed by atoms with Gasteiger partial charge < -0.3 is 14.4 Å². The summed E-state index contributed by atoms with van der Waals surface area (Å²) in [5.41, 5.74) is 0.589. The molecule has 0 saturated carbocycles. The second-order valence-corrected chi connectivity index (χ2v) is 6.81. The van der Waals surface area contributed by atoms with E-state index in [0.717, 1.165) is 0 Å². The number of carbonyl (C=O) groups excluding carboxylic acids is 2. The first-order valence-electron chi connectivity index (χ1n) is 7.21. The molecule has 134 valence electrons. The van der Waals surface area contributed by atoms with Gasteiger partial charge in [-0.3, -0.25) is 4.79 Å². The van der Waals surface area contributed by atoms with E-state index in [9.17, 15) is 9.59 Å². The van der Waals surface area contributed by atoms with Gasteiger partial charge in [0.05, 0.1) is 20.3 Å². The van der Waals surface area contributed by atoms with Crippen LogP contribution in [-0.2, 0) is 16.0 Å². The lowest BCUT2D eigenvalue weighted by atomic mass is 10.2. The molecule has 2 aromatic rings. The Hall–Kier alpha value is -1.67. The van der Waals surface area contributed by atoms with Crippen LogP contribution in [0.4, 0.5) is 0 Å². The molecule has 9 heteroatoms. The molecule has 1 heterocycles. The zero-order valence-corrected chi connectivity index (χ0v) is 16.0. The number of halogens is 2. The highest BCUT2D eigenvalue weighted by Crippen LogP contribution is 2.21. The summed E-state index contributed by atoms with van der Waals surface area (Å²) in [6.07, 6.45) is 0. The molecule has 0 spiro atoms. The minimum Gasteiger partial charge on any atom is -0.464 e. The Morgan fingerprint density at radius 2 is 1.88 bits per heavy atom. The molecule has 1 aromatic heterocycles. The topological polar surface area (TPSA) is 68.7 Å². The van der Waals surface area contributed by atoms with Gasteiger partial charge in [0.1, 0.15) is 5.01 Å². The summed E-state index contributed by atoms with van der Waals surface area (Å²) < 4.78 is 9.71. The predicted octanol–water partition coefficient (Wildman–Crippen LogP) is 3.53. The molecule has 0 fully saturated rings. The monoisotopic (exact) mass is 402 g/mol. The fourth-order valence-corrected chi connectivity index (χ4v) is 3.36. The van der Waals surface area contributed by atoms with Crippen LogP contribution in [0.25, 0.3) is 0 Å². The van der Waals surface area contributed by atoms with Gasteiger partial charge in [0.2, 0.25) is 0 Å². The van der Waals surface area contributed by atoms with Crippen LogP contribution in [0.15, 0.2) is 23.6 Å². The normalized spacial score (nSPS) is 10.6. The Morgan fingerprint density at radius 3 is 2.48 bits per heavy atom. The molecule has 1 amide bonds. The van der Waals surface area contributed by atoms with E-state index in [2.05, 4.69) is 9.72 Å². The lowest BCUT2D eigenvalue weighted by Gasteiger charge is -2.21. The van der Waals surface area contributed by atoms with Gasteiger partial charge in [-0.05, 0) is 18.2 Å². The van der Waals surface area contributed by atoms with Crippen LogP contribution in [0.3, 0.4) is 0 Å². The average molecular weight is 403 g/mol. The van der Waals surface area contributed by atoms with Crippen molar-refractivity contribution < 1.29 is 19.1 Å². The summed E-state index contributed by atoms with van der Waals surface area (Å²) in [6, 6.07) is 4.66. The van der Waals surface area contributed by atoms with Crippen molar-refractivity contribution in [3.63, 3.8) is 0 Å². The van der Waals surface area contributed by atoms with E-state index >= 15 is 0 Å². The molecule has 0 aliphatic carbocycles. The van der Waals surface area contributed by atoms with Gasteiger partial charge >= 0.3 is 5.97 Å². The standard InChI is InChI=1S/C16H16Cl2N2O4S/c1-23-4-3-20(8-14-19-13(9-25-14)16(22)24-2)15(21)10-5-11(17)7-12(18)6-10/h5-7,9H,3-4,8H2,1-2H3. The highest BCUT2D eigenvalue weighted by molar-refractivity contribution is 7.09. The number of hydrogen-bond donors (Lipinski definition) is 0. The molecule has 0 saturated heterocycles. The number of carbonyl (C=O) groups is 2. The number of esters is 1. The average Bonchev–Trinajstić information content (AvgIpc) is 3.05. The van der Waals surface area contributed by atoms with Crippen LogP contribution in [0.1, 0.15) is 25.9 Å². The minimum absolute atomic E-state index is 0.215. The number of aromatic nitrogens is 1. The van der Waals surface area contributed by atoms with Gasteiger partial charge in [-0.2, -0.15) is 0 Å². The van der Waals surface area contributed by atoms with Crippen molar-refractivity contribution in [1.29, 1.82) is 0 Å². The maximum atomic E-state index is 12.8. The summed E-state index contributed by atoms with van der Waals surface area (Å²) in [6.45, 7) is 0.940. The van der Waals surface area contributed by atoms with Gasteiger partial charge in [-0.25, -0.2) is 9.78 Å². The molecule has 0 N–H and O–H groups in total. The Balaban J connectivity index is 2.21. The Kier molecular flexibility index (Phi) is 7.19. The molecule has 25 heavy (non-hydrogen) atoms. The van der Waals surface area contributed by atoms with Gasteiger partial charge in [0.15, 0.2) is 5.69 Å². The molecule has 0 aliphatic heterocycles. The summed E-state index contributed by atoms with van der Waals surface area (Å²) in [4.78, 5) is 30.1. The van der Waals surface area contributed by atoms with E-state index in [1.165, 1.54) is 18.4 Å². The lowest BCUT2D eigenvalue weighted by Crippen LogP contribution is -2.33. The molecule has 0 aliphatic rings. The number of hydrogen-bond acceptors (Lipinski definition) is 6. The first-order valence-corrected chi connectivity index (χ1v) is 8.85. The Labute approximate surface area is 159 Å². The molecule has 0 radical (unpaired) electrons. The molecule has 0 bridgehead atoms. The quantitative estimate of drug-likeness (QED) is 0.662. The molecule has 0 unspecified atom stereocenters. The van der Waals surface area contributed by atoms with Crippen LogP contribution in [0.2, 0.25) is 10.0 Å². The number of methoxy groups -OCH3 is 2. The van der Waals surface area contributed by atoms with Crippen LogP contribution < -0.4 is 0 Å². The third-order valence-corrected chi connectivity index (χ3v) is 4.50. The Morgan fingerprint density at radius 1 is 1.20 bits per heavy atom. The smallest absolute Gasteiger partial charge is 0.357 e. The number of amides is 1. The number of nitrogens with zero attached hydrogens (tertiary/aromatic N) is 2. The zero-order valence-electron chi connectivity index (χ0n) is 13.6. The van der Waals surface area contributed by atoms with Crippen molar-refractivity contribution in [2.24, 2.45) is 0 Å². The van der Waals surface area contributed by atoms with Gasteiger partial charge in [-0.1, -0.05) is 23.2 Å². The van der Waals surface area contributed by atoms with E-state index in [-0.39, 0.29) is 18.1 Å². The van der Waals surface area contributed by atoms with Crippen LogP contribution >= 0.6 is 34.5 Å². The van der Waals surface area contributed by atoms with Crippen molar-refractivity contribution in [3.05, 3.63) is 49.9 Å². The van der Waals surface area contributed by atoms with Crippen molar-refractivity contribution >= 4 is 46.4 Å². The SMILES string of the molecule is COCCN(Cc1nc(C(=O)OC)cs1)C(=O)c1cc(Cl)cc(Cl)c1. The number of ether oxygens (including phenoxy) is 2. The van der Waals surface area contributed by atoms with Gasteiger partial charge in [-0.15, -0.1) is 11.3 Å².